The number of fused-ring (bicyclic) bond motifs is 12. The van der Waals surface area contributed by atoms with Gasteiger partial charge in [-0.1, -0.05) is 68.9 Å². The summed E-state index contributed by atoms with van der Waals surface area (Å²) in [6.45, 7) is 5.55. The van der Waals surface area contributed by atoms with Crippen molar-refractivity contribution in [1.82, 2.24) is 39.5 Å². The molecular weight excluding hydrogens is 1590 g/mol. The van der Waals surface area contributed by atoms with E-state index in [9.17, 15) is 38.4 Å². The number of amides is 4. The number of hydrogen-bond acceptors (Lipinski definition) is 32. The van der Waals surface area contributed by atoms with Crippen LogP contribution < -0.4 is 67.1 Å². The lowest BCUT2D eigenvalue weighted by Crippen LogP contribution is -2.36. The first kappa shape index (κ1) is 84.7. The second kappa shape index (κ2) is 34.8. The fraction of sp³-hybridized carbons (Fsp3) is 0.526. The molecule has 13 rings (SSSR count). The molecule has 36 nitrogen and oxygen atoms in total. The topological polar surface area (TPSA) is 555 Å². The van der Waals surface area contributed by atoms with E-state index >= 15 is 19.2 Å². The number of allylic oxidation sites excluding steroid dienone is 8. The molecule has 5 aliphatic heterocycles. The lowest BCUT2D eigenvalue weighted by molar-refractivity contribution is 0.0871. The fourth-order valence-electron chi connectivity index (χ4n) is 17.7. The molecule has 40 heteroatoms. The summed E-state index contributed by atoms with van der Waals surface area (Å²) in [5.74, 6) is -3.90. The molecule has 9 heterocycles. The van der Waals surface area contributed by atoms with Gasteiger partial charge in [0.1, 0.15) is 73.6 Å². The maximum absolute atomic E-state index is 15.2. The lowest BCUT2D eigenvalue weighted by Gasteiger charge is -2.27. The highest BCUT2D eigenvalue weighted by Gasteiger charge is 2.50. The molecule has 0 saturated carbocycles. The standard InChI is InChI=1S/C76H96N16O20S4/c1-29-49(65(97)45-37(25-109-73(81)101)53-69(105-5)41(77)21-89(53)57(45)61(29)93)85-17-33-13-9-10-14-35(19-87-51-31(3)63(95)59-47(67(51)99)39(27-111-75(83)103)55-71(107-7)43(79)23-91(55)59)115-116-36(20-88-52-32(4)64(96)60-48(68(52)100)40(28-112-76(84)104)56-72(108-8)44(80)24-92(56)60)16-12-11-15-34(114-113-33)18-86-50-30(2)62(94)58-46(66(50)98)38(26-110-74(82)102)54-70(106-6)42(78)22-90(54)58/h33-36,41-44,69-72,85-88H,9-28,77-80H2,1-8H3,(H2,81,101)(H2,82,102)(H2,83,103)(H2,84,104)/t33?,34?,35?,36?,41-,42-,43-,44-,69?,70?,71?,72?/m0/s1. The number of hydrogen-bond donors (Lipinski definition) is 12. The van der Waals surface area contributed by atoms with E-state index in [0.29, 0.717) is 74.1 Å². The number of nitrogens with zero attached hydrogens (tertiary/aromatic N) is 4. The molecule has 20 N–H and O–H groups in total. The number of ether oxygens (including phenoxy) is 8. The number of methoxy groups -OCH3 is 4. The van der Waals surface area contributed by atoms with Crippen LogP contribution in [0.4, 0.5) is 19.2 Å². The number of aromatic nitrogens is 4. The first-order chi connectivity index (χ1) is 55.4. The monoisotopic (exact) mass is 1680 g/mol. The van der Waals surface area contributed by atoms with Crippen molar-refractivity contribution >= 4 is 114 Å². The molecule has 0 aromatic carbocycles. The Kier molecular flexibility index (Phi) is 25.4. The number of Topliss-reactive ketones (excluding diaryl/α,β-unsaturated/α-hetero) is 8. The van der Waals surface area contributed by atoms with Crippen molar-refractivity contribution in [3.05, 3.63) is 135 Å². The van der Waals surface area contributed by atoms with Crippen LogP contribution in [0.3, 0.4) is 0 Å². The van der Waals surface area contributed by atoms with E-state index in [4.69, 9.17) is 83.8 Å². The Morgan fingerprint density at radius 1 is 0.336 bits per heavy atom. The van der Waals surface area contributed by atoms with Crippen LogP contribution in [0.2, 0.25) is 0 Å². The first-order valence-corrected chi connectivity index (χ1v) is 42.6. The predicted octanol–water partition coefficient (Wildman–Crippen LogP) is 4.83. The fourth-order valence-corrected chi connectivity index (χ4v) is 23.8. The van der Waals surface area contributed by atoms with Crippen LogP contribution in [0.15, 0.2) is 45.1 Å². The molecule has 9 aliphatic rings. The Hall–Kier alpha value is -9.20. The molecule has 1 saturated heterocycles. The van der Waals surface area contributed by atoms with Crippen LogP contribution >= 0.6 is 43.2 Å². The highest BCUT2D eigenvalue weighted by molar-refractivity contribution is 8.77. The first-order valence-electron chi connectivity index (χ1n) is 38.0. The SMILES string of the molecule is COC1c2c(COC(N)=O)c3c(n2C[C@@H]1N)C(=O)C(C)=C(NCC1CCCCC(CNC2=C(C)C(=O)c4c(c(COC(N)=O)c5n4C[C@H](N)C5OC)C2=O)SSC(CNC2=C(C)C(=O)c4c(c(COC(N)=O)c5n4C[C@H](N)C5OC)C2=O)CCCCC(CNC2=C(C)C(=O)c4c(c(COC(N)=O)c5n4C[C@H](N)C5OC)C2=O)SS1)C3=O. The van der Waals surface area contributed by atoms with Gasteiger partial charge in [0.2, 0.25) is 46.3 Å². The van der Waals surface area contributed by atoms with E-state index in [0.717, 1.165) is 0 Å². The van der Waals surface area contributed by atoms with E-state index in [-0.39, 0.29) is 186 Å². The van der Waals surface area contributed by atoms with Gasteiger partial charge in [-0.05, 0) is 53.4 Å². The Balaban J connectivity index is 0.820. The van der Waals surface area contributed by atoms with Gasteiger partial charge in [0.05, 0.1) is 92.0 Å². The zero-order valence-electron chi connectivity index (χ0n) is 65.3. The van der Waals surface area contributed by atoms with Gasteiger partial charge in [-0.25, -0.2) is 19.2 Å². The zero-order chi connectivity index (χ0) is 83.5. The molecule has 0 radical (unpaired) electrons. The Morgan fingerprint density at radius 2 is 0.526 bits per heavy atom. The van der Waals surface area contributed by atoms with Crippen molar-refractivity contribution < 1.29 is 95.4 Å². The van der Waals surface area contributed by atoms with Crippen molar-refractivity contribution in [3.8, 4) is 0 Å². The van der Waals surface area contributed by atoms with Gasteiger partial charge >= 0.3 is 24.4 Å². The molecule has 624 valence electrons. The maximum atomic E-state index is 15.2. The maximum Gasteiger partial charge on any atom is 0.404 e. The van der Waals surface area contributed by atoms with Gasteiger partial charge < -0.3 is 123 Å². The van der Waals surface area contributed by atoms with E-state index in [2.05, 4.69) is 21.3 Å². The quantitative estimate of drug-likeness (QED) is 0.0330. The lowest BCUT2D eigenvalue weighted by atomic mass is 9.89. The van der Waals surface area contributed by atoms with Crippen LogP contribution in [0.25, 0.3) is 0 Å². The van der Waals surface area contributed by atoms with Crippen molar-refractivity contribution in [2.24, 2.45) is 45.9 Å². The molecule has 8 unspecified atom stereocenters. The van der Waals surface area contributed by atoms with Crippen LogP contribution in [-0.2, 0) is 90.5 Å². The largest absolute Gasteiger partial charge is 0.445 e. The molecule has 0 bridgehead atoms. The van der Waals surface area contributed by atoms with Crippen molar-refractivity contribution in [2.75, 3.05) is 54.6 Å². The Bertz CT molecular complexity index is 4350. The van der Waals surface area contributed by atoms with Gasteiger partial charge in [0, 0.05) is 146 Å². The number of carbonyl (C=O) groups excluding carboxylic acids is 12. The van der Waals surface area contributed by atoms with E-state index in [1.54, 1.807) is 46.0 Å². The number of nitrogens with two attached hydrogens (primary N) is 8. The normalized spacial score (nSPS) is 25.6. The zero-order valence-corrected chi connectivity index (χ0v) is 68.5. The van der Waals surface area contributed by atoms with Gasteiger partial charge in [-0.2, -0.15) is 0 Å². The Labute approximate surface area is 681 Å². The average molecular weight is 1680 g/mol. The molecule has 4 aromatic rings. The highest BCUT2D eigenvalue weighted by atomic mass is 33.1. The van der Waals surface area contributed by atoms with Crippen LogP contribution in [-0.4, -0.2) is 189 Å². The molecular formula is C76H96N16O20S4. The van der Waals surface area contributed by atoms with Crippen LogP contribution in [0.5, 0.6) is 0 Å². The third-order valence-corrected chi connectivity index (χ3v) is 30.0. The van der Waals surface area contributed by atoms with E-state index in [1.807, 2.05) is 0 Å². The number of rotatable bonds is 24. The van der Waals surface area contributed by atoms with E-state index in [1.165, 1.54) is 71.6 Å². The smallest absolute Gasteiger partial charge is 0.404 e. The summed E-state index contributed by atoms with van der Waals surface area (Å²) in [6.07, 6.45) is -3.17. The third-order valence-electron chi connectivity index (χ3n) is 23.1. The second-order valence-corrected chi connectivity index (χ2v) is 35.8. The summed E-state index contributed by atoms with van der Waals surface area (Å²) in [4.78, 5) is 168. The van der Waals surface area contributed by atoms with Crippen molar-refractivity contribution in [2.45, 2.75) is 201 Å². The predicted molar refractivity (Wildman–Crippen MR) is 426 cm³/mol. The molecule has 4 amide bonds. The van der Waals surface area contributed by atoms with Gasteiger partial charge in [0.25, 0.3) is 0 Å². The molecule has 1 fully saturated rings. The van der Waals surface area contributed by atoms with Crippen molar-refractivity contribution in [3.63, 3.8) is 0 Å². The summed E-state index contributed by atoms with van der Waals surface area (Å²) < 4.78 is 51.0. The van der Waals surface area contributed by atoms with Gasteiger partial charge in [0.15, 0.2) is 0 Å². The number of carbonyl (C=O) groups is 12. The van der Waals surface area contributed by atoms with Gasteiger partial charge in [-0.15, -0.1) is 0 Å². The van der Waals surface area contributed by atoms with Gasteiger partial charge in [-0.3, -0.25) is 38.4 Å². The minimum atomic E-state index is -1.11. The van der Waals surface area contributed by atoms with Crippen molar-refractivity contribution in [1.29, 1.82) is 0 Å². The van der Waals surface area contributed by atoms with Crippen LogP contribution in [0, 0.1) is 0 Å². The molecule has 116 heavy (non-hydrogen) atoms. The number of nitrogens with one attached hydrogen (secondary N) is 4. The summed E-state index contributed by atoms with van der Waals surface area (Å²) in [5.41, 5.74) is 51.8. The summed E-state index contributed by atoms with van der Waals surface area (Å²) >= 11 is 0. The molecule has 12 atom stereocenters. The average Bonchev–Trinajstić information content (AvgIpc) is 1.58. The summed E-state index contributed by atoms with van der Waals surface area (Å²) in [6, 6.07) is -2.39. The van der Waals surface area contributed by atoms with E-state index < -0.39 is 146 Å². The molecule has 4 aromatic heterocycles. The minimum absolute atomic E-state index is 0.0301. The molecule has 0 spiro atoms. The highest BCUT2D eigenvalue weighted by Crippen LogP contribution is 2.48. The van der Waals surface area contributed by atoms with Crippen LogP contribution in [0.1, 0.15) is 232 Å². The minimum Gasteiger partial charge on any atom is -0.445 e. The molecule has 4 aliphatic carbocycles. The third kappa shape index (κ3) is 15.4. The second-order valence-electron chi connectivity index (χ2n) is 30.1. The number of ketones is 8. The summed E-state index contributed by atoms with van der Waals surface area (Å²) in [7, 11) is 11.9. The Morgan fingerprint density at radius 3 is 0.698 bits per heavy atom. The number of primary amides is 4. The summed E-state index contributed by atoms with van der Waals surface area (Å²) in [5, 5.41) is 12.3.